The number of hydrogen-bond acceptors (Lipinski definition) is 6. The number of carbonyl (C=O) groups excluding carboxylic acids is 2. The fourth-order valence-corrected chi connectivity index (χ4v) is 2.31. The van der Waals surface area contributed by atoms with Crippen LogP contribution >= 0.6 is 0 Å². The first-order valence-electron chi connectivity index (χ1n) is 8.20. The number of para-hydroxylation sites is 1. The van der Waals surface area contributed by atoms with Crippen molar-refractivity contribution < 1.29 is 9.59 Å². The van der Waals surface area contributed by atoms with Crippen LogP contribution in [0, 0.1) is 13.8 Å². The lowest BCUT2D eigenvalue weighted by molar-refractivity contribution is 0.0950. The number of aliphatic imine (C=N–C) groups is 1. The van der Waals surface area contributed by atoms with Crippen molar-refractivity contribution >= 4 is 29.5 Å². The van der Waals surface area contributed by atoms with E-state index in [0.29, 0.717) is 22.6 Å². The van der Waals surface area contributed by atoms with E-state index in [1.807, 2.05) is 13.8 Å². The Morgan fingerprint density at radius 1 is 1.26 bits per heavy atom. The van der Waals surface area contributed by atoms with Crippen molar-refractivity contribution in [2.24, 2.45) is 10.7 Å². The molecule has 0 bridgehead atoms. The fraction of sp³-hybridized carbons (Fsp3) is 0.167. The van der Waals surface area contributed by atoms with E-state index in [4.69, 9.17) is 11.5 Å². The van der Waals surface area contributed by atoms with Gasteiger partial charge in [-0.25, -0.2) is 4.99 Å². The summed E-state index contributed by atoms with van der Waals surface area (Å²) < 4.78 is 0. The van der Waals surface area contributed by atoms with Gasteiger partial charge in [0.2, 0.25) is 0 Å². The highest BCUT2D eigenvalue weighted by molar-refractivity contribution is 6.06. The third-order valence-electron chi connectivity index (χ3n) is 3.82. The molecule has 1 heterocycles. The summed E-state index contributed by atoms with van der Waals surface area (Å²) in [7, 11) is 0. The third kappa shape index (κ3) is 5.11. The Morgan fingerprint density at radius 3 is 2.70 bits per heavy atom. The normalized spacial score (nSPS) is 11.0. The molecule has 27 heavy (non-hydrogen) atoms. The van der Waals surface area contributed by atoms with Gasteiger partial charge in [-0.05, 0) is 37.6 Å². The summed E-state index contributed by atoms with van der Waals surface area (Å²) in [5, 5.41) is 8.21. The lowest BCUT2D eigenvalue weighted by Gasteiger charge is -2.14. The van der Waals surface area contributed by atoms with Crippen molar-refractivity contribution in [2.45, 2.75) is 13.8 Å². The minimum absolute atomic E-state index is 0.0917. The highest BCUT2D eigenvalue weighted by atomic mass is 16.2. The fourth-order valence-electron chi connectivity index (χ4n) is 2.31. The maximum absolute atomic E-state index is 12.3. The number of anilines is 2. The number of amides is 2. The van der Waals surface area contributed by atoms with E-state index in [0.717, 1.165) is 11.3 Å². The minimum Gasteiger partial charge on any atom is -0.403 e. The lowest BCUT2D eigenvalue weighted by Crippen LogP contribution is -2.30. The molecule has 8 N–H and O–H groups in total. The lowest BCUT2D eigenvalue weighted by atomic mass is 10.1. The molecule has 0 spiro atoms. The number of H-pyrrole nitrogens is 1. The molecule has 2 rings (SSSR count). The molecule has 9 heteroatoms. The van der Waals surface area contributed by atoms with Gasteiger partial charge in [0.15, 0.2) is 0 Å². The highest BCUT2D eigenvalue weighted by Gasteiger charge is 2.14. The first-order valence-corrected chi connectivity index (χ1v) is 8.20. The molecule has 0 aliphatic heterocycles. The third-order valence-corrected chi connectivity index (χ3v) is 3.82. The van der Waals surface area contributed by atoms with Gasteiger partial charge in [-0.15, -0.1) is 0 Å². The number of carbonyl (C=O) groups is 2. The zero-order valence-electron chi connectivity index (χ0n) is 15.2. The van der Waals surface area contributed by atoms with Crippen LogP contribution in [0.2, 0.25) is 0 Å². The maximum Gasteiger partial charge on any atom is 0.269 e. The molecule has 0 saturated carbocycles. The topological polar surface area (TPSA) is 150 Å². The van der Waals surface area contributed by atoms with E-state index in [9.17, 15) is 9.59 Å². The zero-order valence-corrected chi connectivity index (χ0v) is 15.2. The SMILES string of the molecule is Cc1cc(C(=O)NCNc2c(N)cccc2C(=O)NC=N/C=C\N)[nH]c1C. The smallest absolute Gasteiger partial charge is 0.269 e. The molecule has 0 atom stereocenters. The number of nitrogens with zero attached hydrogens (tertiary/aromatic N) is 1. The van der Waals surface area contributed by atoms with Crippen molar-refractivity contribution in [1.29, 1.82) is 0 Å². The molecule has 1 aromatic heterocycles. The number of rotatable bonds is 7. The van der Waals surface area contributed by atoms with Gasteiger partial charge in [-0.2, -0.15) is 0 Å². The van der Waals surface area contributed by atoms with Crippen LogP contribution in [-0.4, -0.2) is 29.8 Å². The van der Waals surface area contributed by atoms with Crippen molar-refractivity contribution in [2.75, 3.05) is 17.7 Å². The summed E-state index contributed by atoms with van der Waals surface area (Å²) >= 11 is 0. The molecule has 2 aromatic rings. The Morgan fingerprint density at radius 2 is 2.04 bits per heavy atom. The van der Waals surface area contributed by atoms with E-state index < -0.39 is 5.91 Å². The Balaban J connectivity index is 2.03. The van der Waals surface area contributed by atoms with E-state index >= 15 is 0 Å². The molecule has 9 nitrogen and oxygen atoms in total. The molecular formula is C18H23N7O2. The van der Waals surface area contributed by atoms with E-state index in [-0.39, 0.29) is 12.6 Å². The van der Waals surface area contributed by atoms with Gasteiger partial charge >= 0.3 is 0 Å². The van der Waals surface area contributed by atoms with Gasteiger partial charge in [-0.1, -0.05) is 6.07 Å². The van der Waals surface area contributed by atoms with Gasteiger partial charge in [0, 0.05) is 18.1 Å². The van der Waals surface area contributed by atoms with Crippen LogP contribution in [0.3, 0.4) is 0 Å². The highest BCUT2D eigenvalue weighted by Crippen LogP contribution is 2.23. The molecule has 0 fully saturated rings. The summed E-state index contributed by atoms with van der Waals surface area (Å²) in [6, 6.07) is 6.70. The summed E-state index contributed by atoms with van der Waals surface area (Å²) in [6.45, 7) is 3.91. The van der Waals surface area contributed by atoms with Crippen LogP contribution in [0.25, 0.3) is 0 Å². The van der Waals surface area contributed by atoms with Crippen LogP contribution < -0.4 is 27.4 Å². The van der Waals surface area contributed by atoms with Crippen molar-refractivity contribution in [3.63, 3.8) is 0 Å². The second kappa shape index (κ2) is 9.09. The molecular weight excluding hydrogens is 346 g/mol. The second-order valence-electron chi connectivity index (χ2n) is 5.71. The number of benzene rings is 1. The number of aryl methyl sites for hydroxylation is 2. The predicted molar refractivity (Wildman–Crippen MR) is 106 cm³/mol. The van der Waals surface area contributed by atoms with Crippen LogP contribution in [0.15, 0.2) is 41.7 Å². The first kappa shape index (κ1) is 19.6. The van der Waals surface area contributed by atoms with Gasteiger partial charge in [0.05, 0.1) is 29.9 Å². The maximum atomic E-state index is 12.3. The van der Waals surface area contributed by atoms with Gasteiger partial charge in [0.25, 0.3) is 11.8 Å². The van der Waals surface area contributed by atoms with Crippen LogP contribution in [-0.2, 0) is 0 Å². The van der Waals surface area contributed by atoms with Crippen molar-refractivity contribution in [1.82, 2.24) is 15.6 Å². The number of hydrogen-bond donors (Lipinski definition) is 6. The number of nitrogens with two attached hydrogens (primary N) is 2. The number of nitrogen functional groups attached to an aromatic ring is 1. The Labute approximate surface area is 156 Å². The molecule has 0 radical (unpaired) electrons. The number of aromatic amines is 1. The molecule has 142 valence electrons. The Hall–Kier alpha value is -3.75. The number of nitrogens with one attached hydrogen (secondary N) is 4. The van der Waals surface area contributed by atoms with Crippen LogP contribution in [0.4, 0.5) is 11.4 Å². The summed E-state index contributed by atoms with van der Waals surface area (Å²) in [5.41, 5.74) is 14.6. The minimum atomic E-state index is -0.402. The van der Waals surface area contributed by atoms with Crippen molar-refractivity contribution in [3.05, 3.63) is 59.2 Å². The molecule has 0 aliphatic rings. The zero-order chi connectivity index (χ0) is 19.8. The number of aromatic nitrogens is 1. The molecule has 0 aliphatic carbocycles. The standard InChI is InChI=1S/C18H23N7O2/c1-11-8-15(25-12(11)2)18(27)24-10-22-16-13(4-3-5-14(16)20)17(26)23-9-21-7-6-19/h3-9,22,25H,10,19-20H2,1-2H3,(H,24,27)(H,21,23,26)/b7-6-. The van der Waals surface area contributed by atoms with E-state index in [1.54, 1.807) is 24.3 Å². The predicted octanol–water partition coefficient (Wildman–Crippen LogP) is 1.20. The molecule has 2 amide bonds. The van der Waals surface area contributed by atoms with Crippen LogP contribution in [0.1, 0.15) is 32.1 Å². The molecule has 0 saturated heterocycles. The monoisotopic (exact) mass is 369 g/mol. The van der Waals surface area contributed by atoms with Gasteiger partial charge in [-0.3, -0.25) is 9.59 Å². The van der Waals surface area contributed by atoms with Gasteiger partial charge < -0.3 is 32.4 Å². The largest absolute Gasteiger partial charge is 0.403 e. The summed E-state index contributed by atoms with van der Waals surface area (Å²) in [5.74, 6) is -0.666. The summed E-state index contributed by atoms with van der Waals surface area (Å²) in [6.07, 6.45) is 3.79. The Bertz CT molecular complexity index is 864. The summed E-state index contributed by atoms with van der Waals surface area (Å²) in [4.78, 5) is 31.2. The molecule has 1 aromatic carbocycles. The van der Waals surface area contributed by atoms with E-state index in [2.05, 4.69) is 25.9 Å². The average Bonchev–Trinajstić information content (AvgIpc) is 2.98. The van der Waals surface area contributed by atoms with Crippen LogP contribution in [0.5, 0.6) is 0 Å². The quantitative estimate of drug-likeness (QED) is 0.188. The molecule has 0 unspecified atom stereocenters. The average molecular weight is 369 g/mol. The van der Waals surface area contributed by atoms with E-state index in [1.165, 1.54) is 18.7 Å². The van der Waals surface area contributed by atoms with Gasteiger partial charge in [0.1, 0.15) is 5.69 Å². The van der Waals surface area contributed by atoms with Crippen molar-refractivity contribution in [3.8, 4) is 0 Å². The Kier molecular flexibility index (Phi) is 6.59. The second-order valence-corrected chi connectivity index (χ2v) is 5.71. The first-order chi connectivity index (χ1) is 12.9.